The van der Waals surface area contributed by atoms with E-state index < -0.39 is 21.1 Å². The molecule has 3 atom stereocenters. The summed E-state index contributed by atoms with van der Waals surface area (Å²) >= 11 is 3.49. The second-order valence-corrected chi connectivity index (χ2v) is 12.3. The molecule has 0 saturated heterocycles. The molecule has 0 saturated carbocycles. The van der Waals surface area contributed by atoms with Crippen LogP contribution in [0.25, 0.3) is 0 Å². The summed E-state index contributed by atoms with van der Waals surface area (Å²) in [5.74, 6) is 2.09. The third kappa shape index (κ3) is 3.55. The highest BCUT2D eigenvalue weighted by Gasteiger charge is 2.77. The minimum atomic E-state index is -1.27. The quantitative estimate of drug-likeness (QED) is 0.311. The van der Waals surface area contributed by atoms with Crippen molar-refractivity contribution < 1.29 is 0 Å². The van der Waals surface area contributed by atoms with Crippen LogP contribution in [0.4, 0.5) is 0 Å². The first-order chi connectivity index (χ1) is 16.6. The largest absolute Gasteiger partial charge is 0.386 e. The molecule has 0 spiro atoms. The highest BCUT2D eigenvalue weighted by atomic mass is 32.2. The van der Waals surface area contributed by atoms with Crippen LogP contribution in [-0.4, -0.2) is 21.5 Å². The van der Waals surface area contributed by atoms with E-state index in [4.69, 9.17) is 10.7 Å². The SMILES string of the molecule is CCCCSC1(SCCCC)N=C(N)[C@]2(C#N)[C@H](c3ccccc3)NC3=C(CCCC3)[C@@]12C#N. The molecule has 0 fully saturated rings. The number of hydrogen-bond donors (Lipinski definition) is 2. The molecule has 0 radical (unpaired) electrons. The Hall–Kier alpha value is -2.09. The maximum Gasteiger partial charge on any atom is 0.178 e. The first-order valence-corrected chi connectivity index (χ1v) is 14.5. The number of rotatable bonds is 9. The predicted molar refractivity (Wildman–Crippen MR) is 143 cm³/mol. The molecule has 7 heteroatoms. The summed E-state index contributed by atoms with van der Waals surface area (Å²) in [5, 5.41) is 25.9. The van der Waals surface area contributed by atoms with E-state index in [1.807, 2.05) is 30.3 Å². The number of nitrogens with two attached hydrogens (primary N) is 1. The van der Waals surface area contributed by atoms with E-state index in [1.165, 1.54) is 0 Å². The third-order valence-corrected chi connectivity index (χ3v) is 10.7. The molecule has 0 unspecified atom stereocenters. The van der Waals surface area contributed by atoms with Gasteiger partial charge in [0.2, 0.25) is 0 Å². The number of hydrogen-bond acceptors (Lipinski definition) is 7. The molecular weight excluding hydrogens is 458 g/mol. The van der Waals surface area contributed by atoms with Gasteiger partial charge in [0.1, 0.15) is 5.84 Å². The van der Waals surface area contributed by atoms with E-state index in [9.17, 15) is 10.5 Å². The van der Waals surface area contributed by atoms with Crippen molar-refractivity contribution in [3.63, 3.8) is 0 Å². The van der Waals surface area contributed by atoms with Crippen molar-refractivity contribution in [2.45, 2.75) is 75.5 Å². The van der Waals surface area contributed by atoms with Gasteiger partial charge in [-0.2, -0.15) is 10.5 Å². The lowest BCUT2D eigenvalue weighted by Crippen LogP contribution is -2.62. The number of amidine groups is 1. The summed E-state index contributed by atoms with van der Waals surface area (Å²) in [4.78, 5) is 5.16. The summed E-state index contributed by atoms with van der Waals surface area (Å²) in [6.45, 7) is 4.36. The number of unbranched alkanes of at least 4 members (excludes halogenated alkanes) is 2. The van der Waals surface area contributed by atoms with Crippen LogP contribution in [0.1, 0.15) is 76.8 Å². The zero-order valence-electron chi connectivity index (χ0n) is 20.3. The Labute approximate surface area is 212 Å². The van der Waals surface area contributed by atoms with Crippen LogP contribution >= 0.6 is 23.5 Å². The Morgan fingerprint density at radius 1 is 1.03 bits per heavy atom. The molecule has 1 aromatic carbocycles. The maximum atomic E-state index is 11.2. The number of fused-ring (bicyclic) bond motifs is 2. The van der Waals surface area contributed by atoms with Crippen LogP contribution in [0.5, 0.6) is 0 Å². The Morgan fingerprint density at radius 3 is 2.26 bits per heavy atom. The van der Waals surface area contributed by atoms with Gasteiger partial charge in [-0.25, -0.2) is 4.99 Å². The van der Waals surface area contributed by atoms with E-state index in [1.54, 1.807) is 23.5 Å². The average molecular weight is 494 g/mol. The molecule has 5 nitrogen and oxygen atoms in total. The lowest BCUT2D eigenvalue weighted by Gasteiger charge is -2.54. The fourth-order valence-corrected chi connectivity index (χ4v) is 9.44. The van der Waals surface area contributed by atoms with Gasteiger partial charge in [-0.05, 0) is 61.2 Å². The summed E-state index contributed by atoms with van der Waals surface area (Å²) in [5.41, 5.74) is 7.62. The standard InChI is InChI=1S/C27H35N5S2/c1-3-5-16-33-27(34-17-6-4-2)26(19-29)21-14-10-11-15-22(21)31-23(20-12-8-7-9-13-20)25(26,18-28)24(30)32-27/h7-9,12-13,23,31H,3-6,10-11,14-17H2,1-2H3,(H2,30,32)/t23-,25-,26+/m0/s1. The van der Waals surface area contributed by atoms with Crippen molar-refractivity contribution >= 4 is 29.4 Å². The van der Waals surface area contributed by atoms with Gasteiger partial charge in [0, 0.05) is 5.70 Å². The molecule has 180 valence electrons. The molecule has 1 aliphatic carbocycles. The van der Waals surface area contributed by atoms with Gasteiger partial charge in [0.05, 0.1) is 18.2 Å². The van der Waals surface area contributed by atoms with Crippen LogP contribution in [0, 0.1) is 33.5 Å². The van der Waals surface area contributed by atoms with Crippen LogP contribution in [0.15, 0.2) is 46.6 Å². The van der Waals surface area contributed by atoms with Crippen LogP contribution in [-0.2, 0) is 0 Å². The Bertz CT molecular complexity index is 1030. The molecule has 3 N–H and O–H groups in total. The number of nitriles is 2. The second kappa shape index (κ2) is 10.3. The normalized spacial score (nSPS) is 29.3. The van der Waals surface area contributed by atoms with Crippen LogP contribution < -0.4 is 11.1 Å². The highest BCUT2D eigenvalue weighted by molar-refractivity contribution is 8.18. The minimum absolute atomic E-state index is 0.308. The van der Waals surface area contributed by atoms with Crippen molar-refractivity contribution in [1.29, 1.82) is 10.5 Å². The third-order valence-electron chi connectivity index (χ3n) is 7.48. The van der Waals surface area contributed by atoms with Gasteiger partial charge in [-0.3, -0.25) is 0 Å². The molecule has 0 aromatic heterocycles. The lowest BCUT2D eigenvalue weighted by atomic mass is 9.53. The van der Waals surface area contributed by atoms with E-state index in [0.717, 1.165) is 79.7 Å². The van der Waals surface area contributed by atoms with Crippen LogP contribution in [0.3, 0.4) is 0 Å². The summed E-state index contributed by atoms with van der Waals surface area (Å²) in [6.07, 6.45) is 8.07. The maximum absolute atomic E-state index is 11.2. The number of allylic oxidation sites excluding steroid dienone is 1. The molecular formula is C27H35N5S2. The summed E-state index contributed by atoms with van der Waals surface area (Å²) in [7, 11) is 0. The summed E-state index contributed by atoms with van der Waals surface area (Å²) < 4.78 is -0.820. The molecule has 2 heterocycles. The van der Waals surface area contributed by atoms with E-state index in [2.05, 4.69) is 31.3 Å². The zero-order valence-corrected chi connectivity index (χ0v) is 21.9. The van der Waals surface area contributed by atoms with E-state index in [-0.39, 0.29) is 0 Å². The van der Waals surface area contributed by atoms with Crippen molar-refractivity contribution in [1.82, 2.24) is 5.32 Å². The molecule has 0 amide bonds. The second-order valence-electron chi connectivity index (χ2n) is 9.42. The minimum Gasteiger partial charge on any atom is -0.386 e. The molecule has 2 aliphatic heterocycles. The van der Waals surface area contributed by atoms with Gasteiger partial charge < -0.3 is 11.1 Å². The van der Waals surface area contributed by atoms with Crippen molar-refractivity contribution in [2.24, 2.45) is 21.6 Å². The van der Waals surface area contributed by atoms with Gasteiger partial charge in [0.25, 0.3) is 0 Å². The number of thioether (sulfide) groups is 2. The molecule has 1 aromatic rings. The molecule has 0 bridgehead atoms. The number of nitrogens with zero attached hydrogens (tertiary/aromatic N) is 3. The smallest absolute Gasteiger partial charge is 0.178 e. The van der Waals surface area contributed by atoms with Gasteiger partial charge in [-0.1, -0.05) is 57.0 Å². The monoisotopic (exact) mass is 493 g/mol. The Kier molecular flexibility index (Phi) is 7.55. The Balaban J connectivity index is 1.99. The number of nitrogens with one attached hydrogen (secondary N) is 1. The zero-order chi connectivity index (χ0) is 24.2. The van der Waals surface area contributed by atoms with Crippen LogP contribution in [0.2, 0.25) is 0 Å². The van der Waals surface area contributed by atoms with E-state index in [0.29, 0.717) is 5.84 Å². The average Bonchev–Trinajstić information content (AvgIpc) is 3.10. The molecule has 34 heavy (non-hydrogen) atoms. The van der Waals surface area contributed by atoms with Crippen molar-refractivity contribution in [3.05, 3.63) is 47.2 Å². The first kappa shape index (κ1) is 25.0. The van der Waals surface area contributed by atoms with Gasteiger partial charge in [-0.15, -0.1) is 23.5 Å². The fourth-order valence-electron chi connectivity index (χ4n) is 5.77. The van der Waals surface area contributed by atoms with Gasteiger partial charge >= 0.3 is 0 Å². The molecule has 3 aliphatic rings. The Morgan fingerprint density at radius 2 is 1.68 bits per heavy atom. The summed E-state index contributed by atoms with van der Waals surface area (Å²) in [6, 6.07) is 15.0. The topological polar surface area (TPSA) is 98.0 Å². The highest BCUT2D eigenvalue weighted by Crippen LogP contribution is 2.72. The van der Waals surface area contributed by atoms with Gasteiger partial charge in [0.15, 0.2) is 15.0 Å². The molecule has 4 rings (SSSR count). The number of aliphatic imine (C=N–C) groups is 1. The van der Waals surface area contributed by atoms with Crippen molar-refractivity contribution in [3.8, 4) is 12.1 Å². The number of benzene rings is 1. The predicted octanol–water partition coefficient (Wildman–Crippen LogP) is 6.27. The van der Waals surface area contributed by atoms with Crippen molar-refractivity contribution in [2.75, 3.05) is 11.5 Å². The lowest BCUT2D eigenvalue weighted by molar-refractivity contribution is 0.185. The fraction of sp³-hybridized carbons (Fsp3) is 0.593. The first-order valence-electron chi connectivity index (χ1n) is 12.6. The van der Waals surface area contributed by atoms with E-state index >= 15 is 0 Å².